The zero-order valence-electron chi connectivity index (χ0n) is 15.2. The van der Waals surface area contributed by atoms with E-state index in [-0.39, 0.29) is 5.82 Å². The summed E-state index contributed by atoms with van der Waals surface area (Å²) in [6.45, 7) is 0. The highest BCUT2D eigenvalue weighted by Crippen LogP contribution is 2.32. The standard InChI is InChI=1S/C22H15FIN5/c23-13-3-1-2-12(8-13)9-16-15(5-7-20-18(16)11-26-29-20)22-27-19-6-4-14(24)10-17(19)21(25)28-22/h1-8,10-11H,9H2,(H,26,29)(H2,25,27,28). The highest BCUT2D eigenvalue weighted by molar-refractivity contribution is 14.1. The van der Waals surface area contributed by atoms with Crippen LogP contribution in [0.1, 0.15) is 11.1 Å². The molecule has 0 aliphatic carbocycles. The Labute approximate surface area is 179 Å². The van der Waals surface area contributed by atoms with E-state index in [1.807, 2.05) is 36.4 Å². The lowest BCUT2D eigenvalue weighted by Crippen LogP contribution is -2.01. The Morgan fingerprint density at radius 3 is 2.76 bits per heavy atom. The minimum Gasteiger partial charge on any atom is -0.383 e. The maximum absolute atomic E-state index is 13.7. The number of nitrogens with one attached hydrogen (secondary N) is 1. The highest BCUT2D eigenvalue weighted by Gasteiger charge is 2.16. The van der Waals surface area contributed by atoms with Crippen LogP contribution in [0.4, 0.5) is 10.2 Å². The van der Waals surface area contributed by atoms with Crippen LogP contribution in [-0.2, 0) is 6.42 Å². The van der Waals surface area contributed by atoms with Crippen molar-refractivity contribution in [1.82, 2.24) is 20.2 Å². The monoisotopic (exact) mass is 495 g/mol. The fourth-order valence-corrected chi connectivity index (χ4v) is 4.06. The zero-order valence-corrected chi connectivity index (χ0v) is 17.3. The number of nitrogens with zero attached hydrogens (tertiary/aromatic N) is 3. The summed E-state index contributed by atoms with van der Waals surface area (Å²) in [5, 5.41) is 8.95. The molecule has 3 aromatic carbocycles. The summed E-state index contributed by atoms with van der Waals surface area (Å²) in [6, 6.07) is 16.4. The Bertz CT molecular complexity index is 1380. The number of nitrogens with two attached hydrogens (primary N) is 1. The van der Waals surface area contributed by atoms with Gasteiger partial charge in [-0.15, -0.1) is 0 Å². The normalized spacial score (nSPS) is 11.4. The first kappa shape index (κ1) is 18.0. The highest BCUT2D eigenvalue weighted by atomic mass is 127. The SMILES string of the molecule is Nc1nc(-c2ccc3[nH]ncc3c2Cc2cccc(F)c2)nc2ccc(I)cc12. The number of nitrogen functional groups attached to an aromatic ring is 1. The smallest absolute Gasteiger partial charge is 0.162 e. The number of hydrogen-bond donors (Lipinski definition) is 2. The first-order valence-corrected chi connectivity index (χ1v) is 10.1. The van der Waals surface area contributed by atoms with Gasteiger partial charge in [-0.1, -0.05) is 12.1 Å². The molecule has 2 aromatic heterocycles. The van der Waals surface area contributed by atoms with Gasteiger partial charge in [-0.2, -0.15) is 5.10 Å². The molecule has 0 bridgehead atoms. The van der Waals surface area contributed by atoms with Crippen molar-refractivity contribution >= 4 is 50.2 Å². The van der Waals surface area contributed by atoms with Crippen LogP contribution in [0.25, 0.3) is 33.2 Å². The van der Waals surface area contributed by atoms with Crippen molar-refractivity contribution in [3.63, 3.8) is 0 Å². The van der Waals surface area contributed by atoms with Crippen molar-refractivity contribution in [1.29, 1.82) is 0 Å². The molecule has 0 radical (unpaired) electrons. The van der Waals surface area contributed by atoms with E-state index < -0.39 is 0 Å². The number of H-pyrrole nitrogens is 1. The van der Waals surface area contributed by atoms with Crippen molar-refractivity contribution in [3.8, 4) is 11.4 Å². The van der Waals surface area contributed by atoms with Crippen molar-refractivity contribution < 1.29 is 4.39 Å². The molecule has 0 atom stereocenters. The van der Waals surface area contributed by atoms with E-state index in [9.17, 15) is 4.39 Å². The van der Waals surface area contributed by atoms with Gasteiger partial charge >= 0.3 is 0 Å². The van der Waals surface area contributed by atoms with Crippen LogP contribution < -0.4 is 5.73 Å². The molecule has 0 saturated heterocycles. The summed E-state index contributed by atoms with van der Waals surface area (Å²) < 4.78 is 14.8. The lowest BCUT2D eigenvalue weighted by molar-refractivity contribution is 0.626. The third kappa shape index (κ3) is 3.31. The number of aromatic nitrogens is 4. The van der Waals surface area contributed by atoms with Gasteiger partial charge in [0.1, 0.15) is 11.6 Å². The minimum atomic E-state index is -0.260. The summed E-state index contributed by atoms with van der Waals surface area (Å²) in [7, 11) is 0. The van der Waals surface area contributed by atoms with Crippen LogP contribution in [-0.4, -0.2) is 20.2 Å². The topological polar surface area (TPSA) is 80.5 Å². The molecule has 0 saturated carbocycles. The molecule has 142 valence electrons. The van der Waals surface area contributed by atoms with Crippen LogP contribution >= 0.6 is 22.6 Å². The average Bonchev–Trinajstić information content (AvgIpc) is 3.18. The molecule has 5 rings (SSSR count). The largest absolute Gasteiger partial charge is 0.383 e. The Morgan fingerprint density at radius 2 is 1.90 bits per heavy atom. The molecule has 2 heterocycles. The van der Waals surface area contributed by atoms with E-state index in [0.29, 0.717) is 18.1 Å². The second-order valence-corrected chi connectivity index (χ2v) is 8.07. The molecule has 0 amide bonds. The Balaban J connectivity index is 1.73. The van der Waals surface area contributed by atoms with E-state index in [0.717, 1.165) is 42.1 Å². The molecule has 0 aliphatic heterocycles. The molecule has 5 aromatic rings. The predicted molar refractivity (Wildman–Crippen MR) is 121 cm³/mol. The third-order valence-electron chi connectivity index (χ3n) is 4.93. The summed E-state index contributed by atoms with van der Waals surface area (Å²) in [4.78, 5) is 9.34. The lowest BCUT2D eigenvalue weighted by atomic mass is 9.95. The number of rotatable bonds is 3. The van der Waals surface area contributed by atoms with Crippen molar-refractivity contribution in [2.24, 2.45) is 0 Å². The van der Waals surface area contributed by atoms with Gasteiger partial charge in [-0.3, -0.25) is 5.10 Å². The van der Waals surface area contributed by atoms with E-state index in [1.165, 1.54) is 6.07 Å². The second-order valence-electron chi connectivity index (χ2n) is 6.82. The summed E-state index contributed by atoms with van der Waals surface area (Å²) in [5.41, 5.74) is 10.6. The van der Waals surface area contributed by atoms with Crippen LogP contribution in [0, 0.1) is 9.39 Å². The molecule has 0 unspecified atom stereocenters. The van der Waals surface area contributed by atoms with Crippen LogP contribution in [0.15, 0.2) is 60.8 Å². The van der Waals surface area contributed by atoms with Gasteiger partial charge in [0.25, 0.3) is 0 Å². The number of benzene rings is 3. The van der Waals surface area contributed by atoms with E-state index in [1.54, 1.807) is 18.3 Å². The average molecular weight is 495 g/mol. The number of aromatic amines is 1. The third-order valence-corrected chi connectivity index (χ3v) is 5.60. The molecule has 29 heavy (non-hydrogen) atoms. The molecule has 0 spiro atoms. The number of fused-ring (bicyclic) bond motifs is 2. The first-order valence-electron chi connectivity index (χ1n) is 9.01. The first-order chi connectivity index (χ1) is 14.1. The van der Waals surface area contributed by atoms with Gasteiger partial charge in [0, 0.05) is 19.9 Å². The number of halogens is 2. The molecular formula is C22H15FIN5. The maximum Gasteiger partial charge on any atom is 0.162 e. The summed E-state index contributed by atoms with van der Waals surface area (Å²) in [6.07, 6.45) is 2.30. The van der Waals surface area contributed by atoms with Gasteiger partial charge in [0.15, 0.2) is 5.82 Å². The van der Waals surface area contributed by atoms with Crippen molar-refractivity contribution in [3.05, 3.63) is 81.3 Å². The van der Waals surface area contributed by atoms with Gasteiger partial charge in [-0.25, -0.2) is 14.4 Å². The lowest BCUT2D eigenvalue weighted by Gasteiger charge is -2.12. The van der Waals surface area contributed by atoms with Crippen LogP contribution in [0.3, 0.4) is 0 Å². The second kappa shape index (κ2) is 7.07. The molecule has 5 nitrogen and oxygen atoms in total. The Morgan fingerprint density at radius 1 is 1.00 bits per heavy atom. The molecular weight excluding hydrogens is 480 g/mol. The molecule has 7 heteroatoms. The molecule has 3 N–H and O–H groups in total. The van der Waals surface area contributed by atoms with Crippen LogP contribution in [0.2, 0.25) is 0 Å². The van der Waals surface area contributed by atoms with Gasteiger partial charge in [0.2, 0.25) is 0 Å². The van der Waals surface area contributed by atoms with E-state index >= 15 is 0 Å². The maximum atomic E-state index is 13.7. The van der Waals surface area contributed by atoms with Crippen LogP contribution in [0.5, 0.6) is 0 Å². The molecule has 0 fully saturated rings. The fraction of sp³-hybridized carbons (Fsp3) is 0.0455. The minimum absolute atomic E-state index is 0.260. The summed E-state index contributed by atoms with van der Waals surface area (Å²) >= 11 is 2.24. The number of anilines is 1. The Hall–Kier alpha value is -3.07. The molecule has 0 aliphatic rings. The van der Waals surface area contributed by atoms with Gasteiger partial charge < -0.3 is 5.73 Å². The Kier molecular flexibility index (Phi) is 4.39. The quantitative estimate of drug-likeness (QED) is 0.342. The van der Waals surface area contributed by atoms with Crippen molar-refractivity contribution in [2.75, 3.05) is 5.73 Å². The predicted octanol–water partition coefficient (Wildman–Crippen LogP) is 5.09. The van der Waals surface area contributed by atoms with E-state index in [4.69, 9.17) is 10.7 Å². The summed E-state index contributed by atoms with van der Waals surface area (Å²) in [5.74, 6) is 0.724. The number of hydrogen-bond acceptors (Lipinski definition) is 4. The zero-order chi connectivity index (χ0) is 20.0. The van der Waals surface area contributed by atoms with Gasteiger partial charge in [0.05, 0.1) is 17.2 Å². The van der Waals surface area contributed by atoms with Gasteiger partial charge in [-0.05, 0) is 82.6 Å². The van der Waals surface area contributed by atoms with Crippen molar-refractivity contribution in [2.45, 2.75) is 6.42 Å². The van der Waals surface area contributed by atoms with E-state index in [2.05, 4.69) is 37.8 Å². The fourth-order valence-electron chi connectivity index (χ4n) is 3.57.